The second-order valence-corrected chi connectivity index (χ2v) is 8.04. The van der Waals surface area contributed by atoms with Crippen LogP contribution in [0.3, 0.4) is 0 Å². The smallest absolute Gasteiger partial charge is 0.218 e. The van der Waals surface area contributed by atoms with Gasteiger partial charge < -0.3 is 5.11 Å². The molecule has 0 bridgehead atoms. The van der Waals surface area contributed by atoms with Crippen LogP contribution in [0, 0.1) is 11.7 Å². The third-order valence-electron chi connectivity index (χ3n) is 3.93. The van der Waals surface area contributed by atoms with Crippen molar-refractivity contribution in [3.8, 4) is 0 Å². The number of rotatable bonds is 5. The first-order valence-electron chi connectivity index (χ1n) is 6.85. The molecule has 0 heterocycles. The Morgan fingerprint density at radius 3 is 2.76 bits per heavy atom. The maximum Gasteiger partial charge on any atom is 0.218 e. The predicted octanol–water partition coefficient (Wildman–Crippen LogP) is 2.40. The fourth-order valence-electron chi connectivity index (χ4n) is 2.63. The van der Waals surface area contributed by atoms with E-state index in [1.54, 1.807) is 0 Å². The highest BCUT2D eigenvalue weighted by atomic mass is 35.5. The fraction of sp³-hybridized carbons (Fsp3) is 0.571. The Morgan fingerprint density at radius 2 is 2.14 bits per heavy atom. The van der Waals surface area contributed by atoms with Gasteiger partial charge in [-0.1, -0.05) is 18.0 Å². The molecule has 7 heteroatoms. The minimum Gasteiger partial charge on any atom is -0.393 e. The lowest BCUT2D eigenvalue weighted by molar-refractivity contribution is 0.123. The maximum absolute atomic E-state index is 13.6. The summed E-state index contributed by atoms with van der Waals surface area (Å²) in [5, 5.41) is 10.1. The maximum atomic E-state index is 13.6. The summed E-state index contributed by atoms with van der Waals surface area (Å²) < 4.78 is 39.4. The average Bonchev–Trinajstić information content (AvgIpc) is 2.79. The lowest BCUT2D eigenvalue weighted by Gasteiger charge is -2.23. The van der Waals surface area contributed by atoms with Crippen LogP contribution in [0.15, 0.2) is 18.2 Å². The Bertz CT molecular complexity index is 608. The Balaban J connectivity index is 2.08. The highest BCUT2D eigenvalue weighted by Gasteiger charge is 2.30. The van der Waals surface area contributed by atoms with E-state index in [-0.39, 0.29) is 18.0 Å². The van der Waals surface area contributed by atoms with Gasteiger partial charge >= 0.3 is 0 Å². The van der Waals surface area contributed by atoms with E-state index in [1.165, 1.54) is 23.5 Å². The summed E-state index contributed by atoms with van der Waals surface area (Å²) in [5.41, 5.74) is 0.0568. The van der Waals surface area contributed by atoms with E-state index in [0.29, 0.717) is 11.4 Å². The number of hydrogen-bond donors (Lipinski definition) is 1. The largest absolute Gasteiger partial charge is 0.393 e. The zero-order valence-corrected chi connectivity index (χ0v) is 13.4. The van der Waals surface area contributed by atoms with Crippen LogP contribution in [0.1, 0.15) is 24.8 Å². The molecule has 1 saturated carbocycles. The van der Waals surface area contributed by atoms with Crippen LogP contribution in [-0.4, -0.2) is 37.5 Å². The molecule has 0 saturated heterocycles. The van der Waals surface area contributed by atoms with Gasteiger partial charge in [0.1, 0.15) is 5.82 Å². The molecule has 2 atom stereocenters. The van der Waals surface area contributed by atoms with Crippen molar-refractivity contribution in [3.05, 3.63) is 34.6 Å². The molecule has 0 aliphatic heterocycles. The predicted molar refractivity (Wildman–Crippen MR) is 80.0 cm³/mol. The van der Waals surface area contributed by atoms with Gasteiger partial charge in [-0.15, -0.1) is 0 Å². The van der Waals surface area contributed by atoms with Crippen molar-refractivity contribution < 1.29 is 17.9 Å². The van der Waals surface area contributed by atoms with E-state index in [9.17, 15) is 17.9 Å². The van der Waals surface area contributed by atoms with Gasteiger partial charge in [-0.2, -0.15) is 0 Å². The number of halogens is 2. The van der Waals surface area contributed by atoms with E-state index >= 15 is 0 Å². The molecular formula is C14H19ClFNO3S. The van der Waals surface area contributed by atoms with Gasteiger partial charge in [-0.3, -0.25) is 0 Å². The monoisotopic (exact) mass is 335 g/mol. The lowest BCUT2D eigenvalue weighted by Crippen LogP contribution is -2.35. The molecule has 0 amide bonds. The molecule has 4 nitrogen and oxygen atoms in total. The van der Waals surface area contributed by atoms with Crippen LogP contribution >= 0.6 is 11.6 Å². The van der Waals surface area contributed by atoms with Gasteiger partial charge in [0.25, 0.3) is 0 Å². The van der Waals surface area contributed by atoms with E-state index in [0.717, 1.165) is 18.9 Å². The van der Waals surface area contributed by atoms with Crippen molar-refractivity contribution in [2.75, 3.05) is 13.6 Å². The fourth-order valence-corrected chi connectivity index (χ4v) is 4.08. The molecular weight excluding hydrogens is 317 g/mol. The second kappa shape index (κ2) is 6.60. The molecule has 0 radical (unpaired) electrons. The van der Waals surface area contributed by atoms with E-state index < -0.39 is 27.7 Å². The number of aliphatic hydroxyl groups is 1. The van der Waals surface area contributed by atoms with Crippen LogP contribution in [0.4, 0.5) is 4.39 Å². The third kappa shape index (κ3) is 4.16. The van der Waals surface area contributed by atoms with Crippen molar-refractivity contribution in [1.82, 2.24) is 4.31 Å². The van der Waals surface area contributed by atoms with Crippen molar-refractivity contribution in [3.63, 3.8) is 0 Å². The highest BCUT2D eigenvalue weighted by Crippen LogP contribution is 2.27. The van der Waals surface area contributed by atoms with E-state index in [2.05, 4.69) is 0 Å². The average molecular weight is 336 g/mol. The molecule has 1 aliphatic rings. The van der Waals surface area contributed by atoms with Crippen LogP contribution in [0.2, 0.25) is 5.02 Å². The topological polar surface area (TPSA) is 57.6 Å². The minimum atomic E-state index is -3.64. The summed E-state index contributed by atoms with van der Waals surface area (Å²) in [6.45, 7) is 0.256. The summed E-state index contributed by atoms with van der Waals surface area (Å²) in [6.07, 6.45) is 1.97. The van der Waals surface area contributed by atoms with E-state index in [1.807, 2.05) is 0 Å². The normalized spacial score (nSPS) is 22.9. The molecule has 1 aromatic carbocycles. The zero-order chi connectivity index (χ0) is 15.6. The highest BCUT2D eigenvalue weighted by molar-refractivity contribution is 7.88. The zero-order valence-electron chi connectivity index (χ0n) is 11.8. The lowest BCUT2D eigenvalue weighted by atomic mass is 10.1. The molecule has 1 aliphatic carbocycles. The first-order valence-corrected chi connectivity index (χ1v) is 8.84. The Morgan fingerprint density at radius 1 is 1.43 bits per heavy atom. The number of nitrogens with zero attached hydrogens (tertiary/aromatic N) is 1. The molecule has 0 aromatic heterocycles. The van der Waals surface area contributed by atoms with Crippen LogP contribution in [0.5, 0.6) is 0 Å². The summed E-state index contributed by atoms with van der Waals surface area (Å²) in [4.78, 5) is 0. The number of aliphatic hydroxyl groups excluding tert-OH is 1. The molecule has 2 unspecified atom stereocenters. The van der Waals surface area contributed by atoms with Crippen molar-refractivity contribution in [2.24, 2.45) is 5.92 Å². The van der Waals surface area contributed by atoms with Crippen molar-refractivity contribution >= 4 is 21.6 Å². The quantitative estimate of drug-likeness (QED) is 0.899. The van der Waals surface area contributed by atoms with Gasteiger partial charge in [-0.05, 0) is 37.0 Å². The van der Waals surface area contributed by atoms with Crippen molar-refractivity contribution in [1.29, 1.82) is 0 Å². The molecule has 1 fully saturated rings. The van der Waals surface area contributed by atoms with Crippen LogP contribution in [0.25, 0.3) is 0 Å². The minimum absolute atomic E-state index is 0.0472. The Labute approximate surface area is 129 Å². The molecule has 1 N–H and O–H groups in total. The SMILES string of the molecule is CN(CC1CCCC1O)S(=O)(=O)Cc1cc(Cl)ccc1F. The number of benzene rings is 1. The first kappa shape index (κ1) is 16.7. The summed E-state index contributed by atoms with van der Waals surface area (Å²) in [7, 11) is -2.18. The molecule has 21 heavy (non-hydrogen) atoms. The molecule has 0 spiro atoms. The second-order valence-electron chi connectivity index (χ2n) is 5.53. The van der Waals surface area contributed by atoms with Gasteiger partial charge in [0, 0.05) is 24.2 Å². The van der Waals surface area contributed by atoms with Gasteiger partial charge in [0.15, 0.2) is 0 Å². The van der Waals surface area contributed by atoms with Crippen LogP contribution < -0.4 is 0 Å². The van der Waals surface area contributed by atoms with Gasteiger partial charge in [0.05, 0.1) is 11.9 Å². The van der Waals surface area contributed by atoms with Crippen molar-refractivity contribution in [2.45, 2.75) is 31.1 Å². The Hall–Kier alpha value is -0.690. The summed E-state index contributed by atoms with van der Waals surface area (Å²) >= 11 is 5.77. The molecule has 2 rings (SSSR count). The molecule has 118 valence electrons. The van der Waals surface area contributed by atoms with Crippen LogP contribution in [-0.2, 0) is 15.8 Å². The number of hydrogen-bond acceptors (Lipinski definition) is 3. The standard InChI is InChI=1S/C14H19ClFNO3S/c1-17(8-10-3-2-4-14(10)18)21(19,20)9-11-7-12(15)5-6-13(11)16/h5-7,10,14,18H,2-4,8-9H2,1H3. The van der Waals surface area contributed by atoms with Gasteiger partial charge in [-0.25, -0.2) is 17.1 Å². The Kier molecular flexibility index (Phi) is 5.24. The summed E-state index contributed by atoms with van der Waals surface area (Å²) in [6, 6.07) is 3.87. The number of sulfonamides is 1. The summed E-state index contributed by atoms with van der Waals surface area (Å²) in [5.74, 6) is -1.06. The van der Waals surface area contributed by atoms with Gasteiger partial charge in [0.2, 0.25) is 10.0 Å². The van der Waals surface area contributed by atoms with E-state index in [4.69, 9.17) is 11.6 Å². The molecule has 1 aromatic rings. The third-order valence-corrected chi connectivity index (χ3v) is 5.94. The first-order chi connectivity index (χ1) is 9.79.